The van der Waals surface area contributed by atoms with Gasteiger partial charge in [-0.3, -0.25) is 0 Å². The van der Waals surface area contributed by atoms with Gasteiger partial charge in [-0.15, -0.1) is 10.2 Å². The van der Waals surface area contributed by atoms with Crippen LogP contribution in [0.3, 0.4) is 0 Å². The highest BCUT2D eigenvalue weighted by Crippen LogP contribution is 2.25. The molecule has 2 heterocycles. The number of rotatable bonds is 6. The lowest BCUT2D eigenvalue weighted by atomic mass is 10.3. The third-order valence-electron chi connectivity index (χ3n) is 3.13. The topological polar surface area (TPSA) is 70.7 Å². The Hall–Kier alpha value is -1.04. The molecule has 0 aliphatic heterocycles. The molecule has 0 N–H and O–H groups in total. The Balaban J connectivity index is 0.000000237. The summed E-state index contributed by atoms with van der Waals surface area (Å²) in [6.45, 7) is 5.68. The zero-order chi connectivity index (χ0) is 20.7. The molecule has 0 atom stereocenters. The fourth-order valence-electron chi connectivity index (χ4n) is 2.08. The van der Waals surface area contributed by atoms with Gasteiger partial charge in [-0.2, -0.15) is 9.97 Å². The van der Waals surface area contributed by atoms with E-state index in [-0.39, 0.29) is 10.8 Å². The molecule has 2 aromatic heterocycles. The van der Waals surface area contributed by atoms with Crippen molar-refractivity contribution in [3.05, 3.63) is 43.2 Å². The molecule has 12 heteroatoms. The maximum absolute atomic E-state index is 13.2. The monoisotopic (exact) mass is 600 g/mol. The summed E-state index contributed by atoms with van der Waals surface area (Å²) in [5.74, 6) is -0.171. The molecule has 0 radical (unpaired) electrons. The van der Waals surface area contributed by atoms with Crippen molar-refractivity contribution in [1.29, 1.82) is 0 Å². The van der Waals surface area contributed by atoms with E-state index >= 15 is 0 Å². The van der Waals surface area contributed by atoms with Crippen LogP contribution < -0.4 is 4.74 Å². The molecule has 7 nitrogen and oxygen atoms in total. The van der Waals surface area contributed by atoms with Crippen LogP contribution in [0.4, 0.5) is 4.39 Å². The Morgan fingerprint density at radius 1 is 0.964 bits per heavy atom. The van der Waals surface area contributed by atoms with Gasteiger partial charge in [-0.1, -0.05) is 25.4 Å². The van der Waals surface area contributed by atoms with Crippen molar-refractivity contribution in [3.8, 4) is 11.8 Å². The van der Waals surface area contributed by atoms with E-state index in [0.29, 0.717) is 22.0 Å². The van der Waals surface area contributed by atoms with Crippen LogP contribution in [0.5, 0.6) is 11.8 Å². The second-order valence-electron chi connectivity index (χ2n) is 5.47. The van der Waals surface area contributed by atoms with E-state index in [1.165, 1.54) is 18.2 Å². The van der Waals surface area contributed by atoms with Crippen molar-refractivity contribution in [2.45, 2.75) is 39.8 Å². The summed E-state index contributed by atoms with van der Waals surface area (Å²) in [6.07, 6.45) is 1.95. The predicted molar refractivity (Wildman–Crippen MR) is 115 cm³/mol. The number of nitrogens with zero attached hydrogens (tertiary/aromatic N) is 6. The fraction of sp³-hybridized carbons (Fsp3) is 0.375. The molecule has 0 aliphatic carbocycles. The van der Waals surface area contributed by atoms with Crippen molar-refractivity contribution in [1.82, 2.24) is 29.5 Å². The lowest BCUT2D eigenvalue weighted by molar-refractivity contribution is 0.393. The molecule has 0 aliphatic rings. The van der Waals surface area contributed by atoms with Gasteiger partial charge in [0.05, 0.1) is 0 Å². The number of benzene rings is 1. The van der Waals surface area contributed by atoms with Crippen LogP contribution in [0, 0.1) is 5.82 Å². The zero-order valence-corrected chi connectivity index (χ0v) is 20.6. The van der Waals surface area contributed by atoms with Gasteiger partial charge in [-0.05, 0) is 72.8 Å². The van der Waals surface area contributed by atoms with Crippen LogP contribution in [0.2, 0.25) is 5.02 Å². The van der Waals surface area contributed by atoms with E-state index in [9.17, 15) is 4.39 Å². The van der Waals surface area contributed by atoms with E-state index in [0.717, 1.165) is 24.1 Å². The second-order valence-corrected chi connectivity index (χ2v) is 8.03. The van der Waals surface area contributed by atoms with Crippen molar-refractivity contribution in [3.63, 3.8) is 0 Å². The van der Waals surface area contributed by atoms with Gasteiger partial charge < -0.3 is 4.74 Å². The number of hydrogen-bond donors (Lipinski definition) is 0. The highest BCUT2D eigenvalue weighted by Gasteiger charge is 2.11. The number of ether oxygens (including phenoxy) is 1. The highest BCUT2D eigenvalue weighted by atomic mass is 79.9. The molecule has 152 valence electrons. The highest BCUT2D eigenvalue weighted by molar-refractivity contribution is 9.11. The Kier molecular flexibility index (Phi) is 9.32. The molecular formula is C16H17Br3ClFN6O. The quantitative estimate of drug-likeness (QED) is 0.333. The van der Waals surface area contributed by atoms with Crippen LogP contribution in [0.25, 0.3) is 0 Å². The molecule has 0 amide bonds. The van der Waals surface area contributed by atoms with Crippen molar-refractivity contribution in [2.75, 3.05) is 0 Å². The van der Waals surface area contributed by atoms with E-state index in [4.69, 9.17) is 16.3 Å². The summed E-state index contributed by atoms with van der Waals surface area (Å²) < 4.78 is 23.9. The Bertz CT molecular complexity index is 900. The molecule has 0 unspecified atom stereocenters. The summed E-state index contributed by atoms with van der Waals surface area (Å²) in [4.78, 5) is 8.08. The summed E-state index contributed by atoms with van der Waals surface area (Å²) in [5, 5.41) is 8.46. The average Bonchev–Trinajstić information content (AvgIpc) is 3.09. The molecule has 0 saturated carbocycles. The molecule has 3 aromatic rings. The first-order valence-corrected chi connectivity index (χ1v) is 11.1. The Labute approximate surface area is 192 Å². The summed E-state index contributed by atoms with van der Waals surface area (Å²) in [7, 11) is 0. The summed E-state index contributed by atoms with van der Waals surface area (Å²) in [6, 6.07) is 4.26. The zero-order valence-electron chi connectivity index (χ0n) is 15.0. The van der Waals surface area contributed by atoms with Crippen LogP contribution in [-0.2, 0) is 13.1 Å². The predicted octanol–water partition coefficient (Wildman–Crippen LogP) is 6.25. The van der Waals surface area contributed by atoms with Gasteiger partial charge in [0, 0.05) is 24.2 Å². The molecule has 1 aromatic carbocycles. The first-order chi connectivity index (χ1) is 13.3. The number of aromatic nitrogens is 6. The minimum absolute atomic E-state index is 0.269. The smallest absolute Gasteiger partial charge is 0.321 e. The van der Waals surface area contributed by atoms with Gasteiger partial charge in [-0.25, -0.2) is 13.8 Å². The van der Waals surface area contributed by atoms with Gasteiger partial charge in [0.25, 0.3) is 0 Å². The fourth-order valence-corrected chi connectivity index (χ4v) is 3.66. The normalized spacial score (nSPS) is 10.5. The van der Waals surface area contributed by atoms with Crippen molar-refractivity contribution in [2.24, 2.45) is 0 Å². The minimum Gasteiger partial charge on any atom is -0.424 e. The first kappa shape index (κ1) is 23.2. The van der Waals surface area contributed by atoms with Crippen LogP contribution >= 0.6 is 59.4 Å². The van der Waals surface area contributed by atoms with Crippen LogP contribution in [0.15, 0.2) is 32.4 Å². The van der Waals surface area contributed by atoms with Crippen molar-refractivity contribution < 1.29 is 9.13 Å². The lowest BCUT2D eigenvalue weighted by Gasteiger charge is -2.06. The van der Waals surface area contributed by atoms with E-state index in [1.807, 2.05) is 11.6 Å². The third kappa shape index (κ3) is 7.09. The van der Waals surface area contributed by atoms with Gasteiger partial charge in [0.1, 0.15) is 11.6 Å². The number of hydrogen-bond acceptors (Lipinski definition) is 5. The number of halogens is 5. The molecule has 0 spiro atoms. The average molecular weight is 604 g/mol. The summed E-state index contributed by atoms with van der Waals surface area (Å²) in [5.41, 5.74) is 0. The molecule has 3 rings (SSSR count). The Morgan fingerprint density at radius 3 is 2.14 bits per heavy atom. The summed E-state index contributed by atoms with van der Waals surface area (Å²) >= 11 is 15.4. The third-order valence-corrected chi connectivity index (χ3v) is 4.61. The van der Waals surface area contributed by atoms with Gasteiger partial charge in [0.15, 0.2) is 4.73 Å². The molecule has 0 fully saturated rings. The van der Waals surface area contributed by atoms with Gasteiger partial charge >= 0.3 is 6.01 Å². The molecule has 28 heavy (non-hydrogen) atoms. The maximum Gasteiger partial charge on any atom is 0.321 e. The minimum atomic E-state index is -0.460. The van der Waals surface area contributed by atoms with E-state index in [1.54, 1.807) is 4.68 Å². The van der Waals surface area contributed by atoms with Crippen molar-refractivity contribution >= 4 is 59.4 Å². The van der Waals surface area contributed by atoms with Crippen LogP contribution in [0.1, 0.15) is 26.7 Å². The SMILES string of the molecule is CCCn1nc(Br)nc1Br.CCCn1nc(Br)nc1Oc1cc(F)cc(Cl)c1. The Morgan fingerprint density at radius 2 is 1.57 bits per heavy atom. The molecular weight excluding hydrogens is 586 g/mol. The lowest BCUT2D eigenvalue weighted by Crippen LogP contribution is -2.02. The largest absolute Gasteiger partial charge is 0.424 e. The first-order valence-electron chi connectivity index (χ1n) is 8.32. The molecule has 0 saturated heterocycles. The second kappa shape index (κ2) is 11.2. The number of aryl methyl sites for hydroxylation is 2. The molecule has 0 bridgehead atoms. The van der Waals surface area contributed by atoms with Gasteiger partial charge in [0.2, 0.25) is 9.47 Å². The maximum atomic E-state index is 13.2. The van der Waals surface area contributed by atoms with E-state index < -0.39 is 5.82 Å². The van der Waals surface area contributed by atoms with E-state index in [2.05, 4.69) is 74.9 Å². The van der Waals surface area contributed by atoms with Crippen LogP contribution in [-0.4, -0.2) is 29.5 Å². The standard InChI is InChI=1S/C11H10BrClFN3O.C5H7Br2N3/c1-2-3-17-11(15-10(12)16-17)18-9-5-7(13)4-8(14)6-9;1-2-3-10-5(7)8-4(6)9-10/h4-6H,2-3H2,1H3;2-3H2,1H3.